The van der Waals surface area contributed by atoms with E-state index in [9.17, 15) is 8.78 Å². The quantitative estimate of drug-likeness (QED) is 0.592. The van der Waals surface area contributed by atoms with Crippen molar-refractivity contribution in [3.05, 3.63) is 35.4 Å². The van der Waals surface area contributed by atoms with Gasteiger partial charge in [-0.05, 0) is 18.4 Å². The highest BCUT2D eigenvalue weighted by atomic mass is 19.2. The SMILES string of the molecule is CCCCCCCCc1cc[c]c(F)c1F. The molecule has 0 nitrogen and oxygen atoms in total. The van der Waals surface area contributed by atoms with Gasteiger partial charge in [0.15, 0.2) is 11.6 Å². The first-order valence-corrected chi connectivity index (χ1v) is 6.10. The molecule has 1 rings (SSSR count). The summed E-state index contributed by atoms with van der Waals surface area (Å²) in [7, 11) is 0. The van der Waals surface area contributed by atoms with Crippen molar-refractivity contribution >= 4 is 0 Å². The Labute approximate surface area is 96.7 Å². The van der Waals surface area contributed by atoms with Crippen molar-refractivity contribution in [1.29, 1.82) is 0 Å². The third-order valence-electron chi connectivity index (χ3n) is 2.77. The molecule has 0 aliphatic carbocycles. The van der Waals surface area contributed by atoms with E-state index in [0.29, 0.717) is 12.0 Å². The number of rotatable bonds is 7. The van der Waals surface area contributed by atoms with Gasteiger partial charge in [0.25, 0.3) is 0 Å². The van der Waals surface area contributed by atoms with Gasteiger partial charge in [0.2, 0.25) is 0 Å². The zero-order chi connectivity index (χ0) is 11.8. The predicted octanol–water partition coefficient (Wildman–Crippen LogP) is 4.67. The van der Waals surface area contributed by atoms with Gasteiger partial charge in [-0.1, -0.05) is 51.2 Å². The molecular formula is C14H19F2. The number of hydrogen-bond acceptors (Lipinski definition) is 0. The number of unbranched alkanes of at least 4 members (excludes halogenated alkanes) is 5. The molecule has 0 aliphatic rings. The van der Waals surface area contributed by atoms with Crippen molar-refractivity contribution in [1.82, 2.24) is 0 Å². The summed E-state index contributed by atoms with van der Waals surface area (Å²) in [6.45, 7) is 2.18. The third kappa shape index (κ3) is 4.30. The monoisotopic (exact) mass is 225 g/mol. The maximum Gasteiger partial charge on any atom is 0.167 e. The number of hydrogen-bond donors (Lipinski definition) is 0. The summed E-state index contributed by atoms with van der Waals surface area (Å²) in [5.41, 5.74) is 0.478. The van der Waals surface area contributed by atoms with E-state index < -0.39 is 11.6 Å². The van der Waals surface area contributed by atoms with Crippen LogP contribution in [0, 0.1) is 17.7 Å². The molecule has 1 aromatic rings. The average Bonchev–Trinajstić information content (AvgIpc) is 2.29. The summed E-state index contributed by atoms with van der Waals surface area (Å²) in [6.07, 6.45) is 7.60. The minimum Gasteiger partial charge on any atom is -0.203 e. The Morgan fingerprint density at radius 3 is 2.50 bits per heavy atom. The van der Waals surface area contributed by atoms with E-state index in [1.54, 1.807) is 6.07 Å². The summed E-state index contributed by atoms with van der Waals surface area (Å²) in [6, 6.07) is 5.28. The Morgan fingerprint density at radius 2 is 1.75 bits per heavy atom. The van der Waals surface area contributed by atoms with Crippen molar-refractivity contribution in [3.8, 4) is 0 Å². The van der Waals surface area contributed by atoms with Crippen LogP contribution in [0.1, 0.15) is 51.0 Å². The number of halogens is 2. The van der Waals surface area contributed by atoms with Crippen LogP contribution in [0.2, 0.25) is 0 Å². The van der Waals surface area contributed by atoms with Crippen LogP contribution in [-0.4, -0.2) is 0 Å². The largest absolute Gasteiger partial charge is 0.203 e. The molecule has 2 heteroatoms. The summed E-state index contributed by atoms with van der Waals surface area (Å²) >= 11 is 0. The molecule has 0 N–H and O–H groups in total. The third-order valence-corrected chi connectivity index (χ3v) is 2.77. The van der Waals surface area contributed by atoms with Crippen molar-refractivity contribution in [2.45, 2.75) is 51.9 Å². The van der Waals surface area contributed by atoms with Gasteiger partial charge in [0.05, 0.1) is 0 Å². The van der Waals surface area contributed by atoms with E-state index in [1.165, 1.54) is 31.7 Å². The van der Waals surface area contributed by atoms with Gasteiger partial charge >= 0.3 is 0 Å². The lowest BCUT2D eigenvalue weighted by molar-refractivity contribution is 0.493. The molecule has 0 unspecified atom stereocenters. The van der Waals surface area contributed by atoms with Gasteiger partial charge in [-0.2, -0.15) is 0 Å². The summed E-state index contributed by atoms with van der Waals surface area (Å²) in [4.78, 5) is 0. The predicted molar refractivity (Wildman–Crippen MR) is 62.3 cm³/mol. The van der Waals surface area contributed by atoms with Crippen molar-refractivity contribution in [2.75, 3.05) is 0 Å². The Balaban J connectivity index is 2.24. The highest BCUT2D eigenvalue weighted by molar-refractivity contribution is 5.18. The van der Waals surface area contributed by atoms with E-state index in [4.69, 9.17) is 0 Å². The fourth-order valence-corrected chi connectivity index (χ4v) is 1.78. The minimum atomic E-state index is -0.858. The molecule has 1 radical (unpaired) electrons. The smallest absolute Gasteiger partial charge is 0.167 e. The molecule has 1 aromatic carbocycles. The summed E-state index contributed by atoms with van der Waals surface area (Å²) in [5, 5.41) is 0. The second-order valence-corrected chi connectivity index (χ2v) is 4.15. The van der Waals surface area contributed by atoms with E-state index >= 15 is 0 Å². The molecule has 0 saturated carbocycles. The van der Waals surface area contributed by atoms with Crippen LogP contribution in [0.5, 0.6) is 0 Å². The Kier molecular flexibility index (Phi) is 6.05. The summed E-state index contributed by atoms with van der Waals surface area (Å²) < 4.78 is 26.0. The molecule has 0 fully saturated rings. The fourth-order valence-electron chi connectivity index (χ4n) is 1.78. The molecule has 16 heavy (non-hydrogen) atoms. The fraction of sp³-hybridized carbons (Fsp3) is 0.571. The Morgan fingerprint density at radius 1 is 1.06 bits per heavy atom. The van der Waals surface area contributed by atoms with Crippen molar-refractivity contribution < 1.29 is 8.78 Å². The Bertz CT molecular complexity index is 308. The molecule has 0 bridgehead atoms. The first-order chi connectivity index (χ1) is 7.75. The molecule has 0 amide bonds. The van der Waals surface area contributed by atoms with Gasteiger partial charge < -0.3 is 0 Å². The maximum atomic E-state index is 13.2. The maximum absolute atomic E-state index is 13.2. The average molecular weight is 225 g/mol. The van der Waals surface area contributed by atoms with Crippen LogP contribution in [0.15, 0.2) is 12.1 Å². The highest BCUT2D eigenvalue weighted by Gasteiger charge is 2.06. The molecule has 0 saturated heterocycles. The van der Waals surface area contributed by atoms with Crippen LogP contribution in [0.25, 0.3) is 0 Å². The molecule has 0 aromatic heterocycles. The Hall–Kier alpha value is -0.920. The van der Waals surface area contributed by atoms with Gasteiger partial charge in [-0.15, -0.1) is 0 Å². The normalized spacial score (nSPS) is 10.7. The molecular weight excluding hydrogens is 206 g/mol. The molecule has 0 atom stereocenters. The van der Waals surface area contributed by atoms with Crippen molar-refractivity contribution in [3.63, 3.8) is 0 Å². The van der Waals surface area contributed by atoms with Gasteiger partial charge in [0.1, 0.15) is 0 Å². The summed E-state index contributed by atoms with van der Waals surface area (Å²) in [5.74, 6) is -1.58. The minimum absolute atomic E-state index is 0.478. The van der Waals surface area contributed by atoms with Crippen LogP contribution in [0.3, 0.4) is 0 Å². The second-order valence-electron chi connectivity index (χ2n) is 4.15. The van der Waals surface area contributed by atoms with Crippen LogP contribution in [0.4, 0.5) is 8.78 Å². The van der Waals surface area contributed by atoms with Gasteiger partial charge in [-0.25, -0.2) is 8.78 Å². The second kappa shape index (κ2) is 7.37. The van der Waals surface area contributed by atoms with Crippen LogP contribution >= 0.6 is 0 Å². The van der Waals surface area contributed by atoms with E-state index in [-0.39, 0.29) is 0 Å². The van der Waals surface area contributed by atoms with E-state index in [0.717, 1.165) is 12.8 Å². The first-order valence-electron chi connectivity index (χ1n) is 6.10. The first kappa shape index (κ1) is 13.1. The molecule has 0 aliphatic heterocycles. The lowest BCUT2D eigenvalue weighted by Crippen LogP contribution is -1.94. The van der Waals surface area contributed by atoms with E-state index in [1.807, 2.05) is 0 Å². The molecule has 0 spiro atoms. The van der Waals surface area contributed by atoms with Crippen LogP contribution < -0.4 is 0 Å². The topological polar surface area (TPSA) is 0 Å². The van der Waals surface area contributed by atoms with Gasteiger partial charge in [-0.3, -0.25) is 0 Å². The zero-order valence-corrected chi connectivity index (χ0v) is 9.86. The lowest BCUT2D eigenvalue weighted by Gasteiger charge is -2.03. The lowest BCUT2D eigenvalue weighted by atomic mass is 10.0. The highest BCUT2D eigenvalue weighted by Crippen LogP contribution is 2.14. The molecule has 89 valence electrons. The van der Waals surface area contributed by atoms with Crippen molar-refractivity contribution in [2.24, 2.45) is 0 Å². The number of aryl methyl sites for hydroxylation is 1. The van der Waals surface area contributed by atoms with Crippen LogP contribution in [-0.2, 0) is 6.42 Å². The van der Waals surface area contributed by atoms with Gasteiger partial charge in [0, 0.05) is 6.07 Å². The zero-order valence-electron chi connectivity index (χ0n) is 9.86. The van der Waals surface area contributed by atoms with E-state index in [2.05, 4.69) is 13.0 Å². The standard InChI is InChI=1S/C14H19F2/c1-2-3-4-5-6-7-9-12-10-8-11-13(15)14(12)16/h8,10H,2-7,9H2,1H3. The number of benzene rings is 1. The molecule has 0 heterocycles.